The molecule has 0 N–H and O–H groups in total. The van der Waals surface area contributed by atoms with Crippen LogP contribution in [0.15, 0.2) is 62.6 Å². The molecule has 10 heteroatoms. The molecule has 6 nitrogen and oxygen atoms in total. The molecule has 0 radical (unpaired) electrons. The minimum atomic E-state index is -0.204. The van der Waals surface area contributed by atoms with Crippen LogP contribution in [0.1, 0.15) is 17.0 Å². The van der Waals surface area contributed by atoms with Crippen molar-refractivity contribution in [1.29, 1.82) is 0 Å². The van der Waals surface area contributed by atoms with Gasteiger partial charge in [0.05, 0.1) is 16.5 Å². The number of amides is 1. The second kappa shape index (κ2) is 9.21. The second-order valence-corrected chi connectivity index (χ2v) is 8.53. The minimum Gasteiger partial charge on any atom is -0.444 e. The van der Waals surface area contributed by atoms with Crippen LogP contribution < -0.4 is 4.90 Å². The molecule has 0 unspecified atom stereocenters. The van der Waals surface area contributed by atoms with E-state index in [0.29, 0.717) is 16.3 Å². The van der Waals surface area contributed by atoms with E-state index in [1.54, 1.807) is 29.6 Å². The molecule has 0 atom stereocenters. The van der Waals surface area contributed by atoms with Crippen molar-refractivity contribution < 1.29 is 9.21 Å². The summed E-state index contributed by atoms with van der Waals surface area (Å²) in [5.41, 5.74) is 0.867. The van der Waals surface area contributed by atoms with Gasteiger partial charge < -0.3 is 8.98 Å². The number of anilines is 1. The Balaban J connectivity index is 0.00000225. The number of rotatable bonds is 6. The summed E-state index contributed by atoms with van der Waals surface area (Å²) in [4.78, 5) is 23.4. The van der Waals surface area contributed by atoms with Crippen molar-refractivity contribution in [3.8, 4) is 0 Å². The zero-order chi connectivity index (χ0) is 18.8. The lowest BCUT2D eigenvalue weighted by Crippen LogP contribution is -2.32. The van der Waals surface area contributed by atoms with Crippen LogP contribution in [-0.4, -0.2) is 27.0 Å². The fourth-order valence-corrected chi connectivity index (χ4v) is 4.53. The van der Waals surface area contributed by atoms with Crippen molar-refractivity contribution in [3.63, 3.8) is 0 Å². The molecule has 0 bridgehead atoms. The number of benzene rings is 1. The summed E-state index contributed by atoms with van der Waals surface area (Å²) < 4.78 is 9.99. The molecule has 146 valence electrons. The van der Waals surface area contributed by atoms with Crippen molar-refractivity contribution in [2.75, 3.05) is 11.4 Å². The molecule has 0 saturated heterocycles. The molecule has 4 aromatic rings. The van der Waals surface area contributed by atoms with E-state index in [1.807, 2.05) is 29.0 Å². The van der Waals surface area contributed by atoms with Gasteiger partial charge in [-0.3, -0.25) is 9.69 Å². The van der Waals surface area contributed by atoms with E-state index < -0.39 is 0 Å². The van der Waals surface area contributed by atoms with Crippen LogP contribution in [-0.2, 0) is 6.54 Å². The first-order chi connectivity index (χ1) is 13.1. The van der Waals surface area contributed by atoms with Gasteiger partial charge in [-0.15, -0.1) is 12.4 Å². The quantitative estimate of drug-likeness (QED) is 0.308. The maximum atomic E-state index is 13.0. The van der Waals surface area contributed by atoms with Gasteiger partial charge in [0, 0.05) is 30.0 Å². The number of halogens is 3. The zero-order valence-electron chi connectivity index (χ0n) is 14.4. The number of hydrogen-bond acceptors (Lipinski definition) is 5. The van der Waals surface area contributed by atoms with E-state index in [2.05, 4.69) is 41.8 Å². The Morgan fingerprint density at radius 3 is 2.82 bits per heavy atom. The molecule has 0 fully saturated rings. The molecule has 3 heterocycles. The van der Waals surface area contributed by atoms with Gasteiger partial charge in [-0.05, 0) is 52.7 Å². The van der Waals surface area contributed by atoms with E-state index in [-0.39, 0.29) is 24.1 Å². The highest BCUT2D eigenvalue weighted by molar-refractivity contribution is 9.10. The fourth-order valence-electron chi connectivity index (χ4n) is 2.68. The lowest BCUT2D eigenvalue weighted by Gasteiger charge is -2.18. The SMILES string of the molecule is Cl.O=C(c1ccc(Br)o1)N(CCCn1ccnc1)c1nc2ccc(Br)cc2s1. The largest absolute Gasteiger partial charge is 0.444 e. The van der Waals surface area contributed by atoms with Crippen LogP contribution in [0, 0.1) is 0 Å². The molecular formula is C18H15Br2ClN4O2S. The second-order valence-electron chi connectivity index (χ2n) is 5.82. The number of carbonyl (C=O) groups is 1. The monoisotopic (exact) mass is 544 g/mol. The van der Waals surface area contributed by atoms with Gasteiger partial charge in [-0.25, -0.2) is 9.97 Å². The number of aromatic nitrogens is 3. The van der Waals surface area contributed by atoms with E-state index in [4.69, 9.17) is 4.42 Å². The third-order valence-electron chi connectivity index (χ3n) is 3.96. The summed E-state index contributed by atoms with van der Waals surface area (Å²) in [6.07, 6.45) is 6.19. The molecule has 1 amide bonds. The number of fused-ring (bicyclic) bond motifs is 1. The fraction of sp³-hybridized carbons (Fsp3) is 0.167. The Morgan fingerprint density at radius 2 is 2.11 bits per heavy atom. The summed E-state index contributed by atoms with van der Waals surface area (Å²) in [6.45, 7) is 1.29. The third-order valence-corrected chi connectivity index (χ3v) is 5.92. The Morgan fingerprint density at radius 1 is 1.25 bits per heavy atom. The Labute approximate surface area is 188 Å². The van der Waals surface area contributed by atoms with Crippen molar-refractivity contribution in [3.05, 3.63) is 64.0 Å². The average molecular weight is 547 g/mol. The lowest BCUT2D eigenvalue weighted by molar-refractivity contribution is 0.0958. The molecule has 1 aromatic carbocycles. The van der Waals surface area contributed by atoms with Crippen molar-refractivity contribution in [1.82, 2.24) is 14.5 Å². The van der Waals surface area contributed by atoms with Crippen LogP contribution in [0.3, 0.4) is 0 Å². The summed E-state index contributed by atoms with van der Waals surface area (Å²) >= 11 is 8.22. The van der Waals surface area contributed by atoms with Gasteiger partial charge in [-0.2, -0.15) is 0 Å². The summed E-state index contributed by atoms with van der Waals surface area (Å²) in [5.74, 6) is 0.0781. The highest BCUT2D eigenvalue weighted by Gasteiger charge is 2.23. The molecular weight excluding hydrogens is 532 g/mol. The van der Waals surface area contributed by atoms with Gasteiger partial charge in [0.15, 0.2) is 15.6 Å². The summed E-state index contributed by atoms with van der Waals surface area (Å²) in [6, 6.07) is 9.28. The Bertz CT molecular complexity index is 1080. The molecule has 0 spiro atoms. The average Bonchev–Trinajstić information content (AvgIpc) is 3.38. The Hall–Kier alpha value is -1.68. The summed E-state index contributed by atoms with van der Waals surface area (Å²) in [5, 5.41) is 0.659. The highest BCUT2D eigenvalue weighted by Crippen LogP contribution is 2.32. The van der Waals surface area contributed by atoms with E-state index in [1.165, 1.54) is 11.3 Å². The van der Waals surface area contributed by atoms with E-state index in [9.17, 15) is 4.79 Å². The normalized spacial score (nSPS) is 10.8. The number of imidazole rings is 1. The highest BCUT2D eigenvalue weighted by atomic mass is 79.9. The Kier molecular flexibility index (Phi) is 6.92. The van der Waals surface area contributed by atoms with Crippen LogP contribution in [0.2, 0.25) is 0 Å². The number of thiazole rings is 1. The molecule has 0 aliphatic carbocycles. The van der Waals surface area contributed by atoms with Crippen LogP contribution >= 0.6 is 55.6 Å². The standard InChI is InChI=1S/C18H14Br2N4O2S.ClH/c19-12-2-3-13-15(10-12)27-18(22-13)24(8-1-7-23-9-6-21-11-23)17(25)14-4-5-16(20)26-14;/h2-6,9-11H,1,7-8H2;1H. The van der Waals surface area contributed by atoms with Gasteiger partial charge in [0.2, 0.25) is 0 Å². The van der Waals surface area contributed by atoms with Crippen LogP contribution in [0.25, 0.3) is 10.2 Å². The van der Waals surface area contributed by atoms with Crippen LogP contribution in [0.4, 0.5) is 5.13 Å². The first kappa shape index (κ1) is 21.0. The van der Waals surface area contributed by atoms with Gasteiger partial charge >= 0.3 is 0 Å². The first-order valence-electron chi connectivity index (χ1n) is 8.19. The molecule has 4 rings (SSSR count). The summed E-state index contributed by atoms with van der Waals surface area (Å²) in [7, 11) is 0. The topological polar surface area (TPSA) is 64.2 Å². The molecule has 3 aromatic heterocycles. The smallest absolute Gasteiger partial charge is 0.295 e. The van der Waals surface area contributed by atoms with E-state index in [0.717, 1.165) is 27.7 Å². The predicted molar refractivity (Wildman–Crippen MR) is 119 cm³/mol. The van der Waals surface area contributed by atoms with Crippen molar-refractivity contribution in [2.45, 2.75) is 13.0 Å². The molecule has 0 aliphatic heterocycles. The number of aryl methyl sites for hydroxylation is 1. The number of hydrogen-bond donors (Lipinski definition) is 0. The van der Waals surface area contributed by atoms with Gasteiger partial charge in [0.1, 0.15) is 0 Å². The van der Waals surface area contributed by atoms with E-state index >= 15 is 0 Å². The number of nitrogens with zero attached hydrogens (tertiary/aromatic N) is 4. The maximum Gasteiger partial charge on any atom is 0.295 e. The predicted octanol–water partition coefficient (Wildman–Crippen LogP) is 5.77. The van der Waals surface area contributed by atoms with Gasteiger partial charge in [-0.1, -0.05) is 27.3 Å². The van der Waals surface area contributed by atoms with Crippen molar-refractivity contribution >= 4 is 76.9 Å². The first-order valence-corrected chi connectivity index (χ1v) is 10.6. The van der Waals surface area contributed by atoms with Crippen LogP contribution in [0.5, 0.6) is 0 Å². The minimum absolute atomic E-state index is 0. The lowest BCUT2D eigenvalue weighted by atomic mass is 10.3. The maximum absolute atomic E-state index is 13.0. The van der Waals surface area contributed by atoms with Crippen molar-refractivity contribution in [2.24, 2.45) is 0 Å². The number of furan rings is 1. The number of carbonyl (C=O) groups excluding carboxylic acids is 1. The third kappa shape index (κ3) is 4.65. The molecule has 0 aliphatic rings. The van der Waals surface area contributed by atoms with Gasteiger partial charge in [0.25, 0.3) is 5.91 Å². The molecule has 28 heavy (non-hydrogen) atoms. The zero-order valence-corrected chi connectivity index (χ0v) is 19.2. The molecule has 0 saturated carbocycles.